The molecule has 0 radical (unpaired) electrons. The van der Waals surface area contributed by atoms with Crippen molar-refractivity contribution in [2.75, 3.05) is 19.6 Å². The van der Waals surface area contributed by atoms with Gasteiger partial charge >= 0.3 is 0 Å². The molecular weight excluding hydrogens is 561 g/mol. The molecule has 2 N–H and O–H groups in total. The lowest BCUT2D eigenvalue weighted by molar-refractivity contribution is 0.411. The Morgan fingerprint density at radius 3 is 2.48 bits per heavy atom. The van der Waals surface area contributed by atoms with E-state index in [1.807, 2.05) is 6.07 Å². The van der Waals surface area contributed by atoms with Crippen molar-refractivity contribution in [1.29, 1.82) is 0 Å². The molecule has 0 aliphatic heterocycles. The van der Waals surface area contributed by atoms with Crippen LogP contribution in [0, 0.1) is 5.82 Å². The highest BCUT2D eigenvalue weighted by Crippen LogP contribution is 2.35. The maximum atomic E-state index is 14.2. The zero-order valence-electron chi connectivity index (χ0n) is 21.2. The van der Waals surface area contributed by atoms with E-state index in [2.05, 4.69) is 30.1 Å². The molecule has 0 unspecified atom stereocenters. The standard InChI is InChI=1S/C25H20FN7O5S2/c1-38-15-7-13(6-14(26)8-15)16-4-5-27-24-17(16)9-20(30-24)23-18-10-19(28-11-21(18)31-32-23)22-12-29-25(39(2,34)35)33(22)40(3,36)37/h4-12H,1-3H3,(H,27,30)(H,31,32). The smallest absolute Gasteiger partial charge is 0.241 e. The number of hydrogen-bond donors (Lipinski definition) is 2. The van der Waals surface area contributed by atoms with Crippen LogP contribution >= 0.6 is 0 Å². The van der Waals surface area contributed by atoms with Crippen molar-refractivity contribution in [2.45, 2.75) is 5.16 Å². The summed E-state index contributed by atoms with van der Waals surface area (Å²) in [5.74, 6) is -0.0674. The number of nitrogens with zero attached hydrogens (tertiary/aromatic N) is 5. The minimum atomic E-state index is -4.05. The molecule has 0 atom stereocenters. The predicted molar refractivity (Wildman–Crippen MR) is 145 cm³/mol. The Balaban J connectivity index is 1.52. The summed E-state index contributed by atoms with van der Waals surface area (Å²) in [7, 11) is -6.54. The van der Waals surface area contributed by atoms with Crippen LogP contribution in [0.2, 0.25) is 0 Å². The van der Waals surface area contributed by atoms with Crippen molar-refractivity contribution in [2.24, 2.45) is 0 Å². The van der Waals surface area contributed by atoms with E-state index < -0.39 is 30.8 Å². The van der Waals surface area contributed by atoms with Crippen LogP contribution in [0.1, 0.15) is 0 Å². The van der Waals surface area contributed by atoms with Gasteiger partial charge in [-0.2, -0.15) is 5.10 Å². The third-order valence-electron chi connectivity index (χ3n) is 6.27. The molecule has 6 aromatic rings. The van der Waals surface area contributed by atoms with Crippen LogP contribution in [0.3, 0.4) is 0 Å². The molecule has 15 heteroatoms. The van der Waals surface area contributed by atoms with Gasteiger partial charge in [0.2, 0.25) is 25.0 Å². The van der Waals surface area contributed by atoms with Crippen LogP contribution < -0.4 is 4.74 Å². The van der Waals surface area contributed by atoms with E-state index in [-0.39, 0.29) is 11.4 Å². The Hall–Kier alpha value is -4.63. The molecule has 1 aromatic carbocycles. The van der Waals surface area contributed by atoms with Crippen molar-refractivity contribution in [3.05, 3.63) is 60.8 Å². The number of benzene rings is 1. The number of H-pyrrole nitrogens is 2. The number of methoxy groups -OCH3 is 1. The van der Waals surface area contributed by atoms with Gasteiger partial charge in [0, 0.05) is 29.3 Å². The second kappa shape index (κ2) is 8.96. The van der Waals surface area contributed by atoms with Crippen molar-refractivity contribution in [3.8, 4) is 39.7 Å². The molecule has 5 aromatic heterocycles. The maximum Gasteiger partial charge on any atom is 0.241 e. The Bertz CT molecular complexity index is 2180. The summed E-state index contributed by atoms with van der Waals surface area (Å²) in [5, 5.41) is 7.99. The van der Waals surface area contributed by atoms with Gasteiger partial charge in [-0.15, -0.1) is 0 Å². The summed E-state index contributed by atoms with van der Waals surface area (Å²) in [6.07, 6.45) is 5.98. The molecule has 0 saturated heterocycles. The van der Waals surface area contributed by atoms with Crippen molar-refractivity contribution < 1.29 is 26.0 Å². The Morgan fingerprint density at radius 1 is 0.950 bits per heavy atom. The predicted octanol–water partition coefficient (Wildman–Crippen LogP) is 3.39. The zero-order valence-corrected chi connectivity index (χ0v) is 22.8. The summed E-state index contributed by atoms with van der Waals surface area (Å²) in [4.78, 5) is 15.8. The molecule has 0 aliphatic rings. The number of pyridine rings is 2. The summed E-state index contributed by atoms with van der Waals surface area (Å²) in [5.41, 5.74) is 3.62. The third-order valence-corrected chi connectivity index (χ3v) is 8.37. The van der Waals surface area contributed by atoms with E-state index in [1.165, 1.54) is 25.4 Å². The second-order valence-corrected chi connectivity index (χ2v) is 12.8. The van der Waals surface area contributed by atoms with E-state index in [0.29, 0.717) is 48.6 Å². The zero-order chi connectivity index (χ0) is 28.4. The number of rotatable bonds is 6. The summed E-state index contributed by atoms with van der Waals surface area (Å²) in [6, 6.07) is 9.61. The van der Waals surface area contributed by atoms with Gasteiger partial charge in [-0.05, 0) is 41.5 Å². The molecule has 0 saturated carbocycles. The van der Waals surface area contributed by atoms with Crippen LogP contribution in [-0.2, 0) is 19.9 Å². The average molecular weight is 582 g/mol. The van der Waals surface area contributed by atoms with E-state index in [4.69, 9.17) is 4.74 Å². The van der Waals surface area contributed by atoms with Crippen molar-refractivity contribution >= 4 is 41.8 Å². The minimum absolute atomic E-state index is 0.0161. The first-order valence-corrected chi connectivity index (χ1v) is 15.3. The molecule has 0 fully saturated rings. The van der Waals surface area contributed by atoms with Crippen LogP contribution in [0.4, 0.5) is 4.39 Å². The summed E-state index contributed by atoms with van der Waals surface area (Å²) < 4.78 is 69.6. The number of halogens is 1. The number of nitrogens with one attached hydrogen (secondary N) is 2. The number of aromatic amines is 2. The van der Waals surface area contributed by atoms with E-state index >= 15 is 0 Å². The molecule has 0 amide bonds. The van der Waals surface area contributed by atoms with Gasteiger partial charge in [0.1, 0.15) is 28.6 Å². The Labute approximate surface area is 226 Å². The number of hydrogen-bond acceptors (Lipinski definition) is 9. The van der Waals surface area contributed by atoms with Crippen LogP contribution in [0.15, 0.2) is 60.1 Å². The highest BCUT2D eigenvalue weighted by molar-refractivity contribution is 7.92. The number of sulfone groups is 1. The number of fused-ring (bicyclic) bond motifs is 2. The summed E-state index contributed by atoms with van der Waals surface area (Å²) >= 11 is 0. The van der Waals surface area contributed by atoms with E-state index in [9.17, 15) is 21.2 Å². The fourth-order valence-electron chi connectivity index (χ4n) is 4.57. The van der Waals surface area contributed by atoms with E-state index in [0.717, 1.165) is 24.3 Å². The second-order valence-electron chi connectivity index (χ2n) is 9.10. The van der Waals surface area contributed by atoms with E-state index in [1.54, 1.807) is 24.4 Å². The quantitative estimate of drug-likeness (QED) is 0.300. The fraction of sp³-hybridized carbons (Fsp3) is 0.120. The lowest BCUT2D eigenvalue weighted by atomic mass is 10.0. The first kappa shape index (κ1) is 25.6. The molecular formula is C25H20FN7O5S2. The molecule has 40 heavy (non-hydrogen) atoms. The lowest BCUT2D eigenvalue weighted by Crippen LogP contribution is -2.18. The molecule has 0 spiro atoms. The monoisotopic (exact) mass is 581 g/mol. The molecule has 12 nitrogen and oxygen atoms in total. The number of imidazole rings is 1. The lowest BCUT2D eigenvalue weighted by Gasteiger charge is -2.08. The fourth-order valence-corrected chi connectivity index (χ4v) is 6.85. The molecule has 204 valence electrons. The first-order chi connectivity index (χ1) is 18.9. The Kier molecular flexibility index (Phi) is 5.74. The van der Waals surface area contributed by atoms with Crippen LogP contribution in [-0.4, -0.2) is 70.6 Å². The molecule has 0 bridgehead atoms. The molecule has 0 aliphatic carbocycles. The highest BCUT2D eigenvalue weighted by Gasteiger charge is 2.27. The first-order valence-electron chi connectivity index (χ1n) is 11.6. The normalized spacial score (nSPS) is 12.4. The average Bonchev–Trinajstić information content (AvgIpc) is 3.63. The largest absolute Gasteiger partial charge is 0.497 e. The van der Waals surface area contributed by atoms with Gasteiger partial charge in [0.15, 0.2) is 0 Å². The van der Waals surface area contributed by atoms with Gasteiger partial charge in [0.05, 0.1) is 42.7 Å². The van der Waals surface area contributed by atoms with Gasteiger partial charge in [-0.1, -0.05) is 0 Å². The highest BCUT2D eigenvalue weighted by atomic mass is 32.2. The molecule has 6 rings (SSSR count). The Morgan fingerprint density at radius 2 is 1.75 bits per heavy atom. The van der Waals surface area contributed by atoms with Gasteiger partial charge in [0.25, 0.3) is 0 Å². The topological polar surface area (TPSA) is 166 Å². The van der Waals surface area contributed by atoms with Gasteiger partial charge in [-0.25, -0.2) is 35.2 Å². The van der Waals surface area contributed by atoms with Crippen LogP contribution in [0.25, 0.3) is 55.8 Å². The van der Waals surface area contributed by atoms with Crippen molar-refractivity contribution in [1.82, 2.24) is 34.1 Å². The van der Waals surface area contributed by atoms with Gasteiger partial charge < -0.3 is 9.72 Å². The van der Waals surface area contributed by atoms with Crippen molar-refractivity contribution in [3.63, 3.8) is 0 Å². The van der Waals surface area contributed by atoms with Gasteiger partial charge in [-0.3, -0.25) is 10.1 Å². The minimum Gasteiger partial charge on any atom is -0.497 e. The third kappa shape index (κ3) is 4.28. The van der Waals surface area contributed by atoms with Crippen LogP contribution in [0.5, 0.6) is 5.75 Å². The molecule has 5 heterocycles. The summed E-state index contributed by atoms with van der Waals surface area (Å²) in [6.45, 7) is 0. The number of ether oxygens (including phenoxy) is 1. The maximum absolute atomic E-state index is 14.2. The number of aromatic nitrogens is 7. The SMILES string of the molecule is COc1cc(F)cc(-c2ccnc3[nH]c(-c4n[nH]c5cnc(-c6cnc(S(C)(=O)=O)n6S(C)(=O)=O)cc45)cc23)c1.